The topological polar surface area (TPSA) is 91.8 Å². The first-order chi connectivity index (χ1) is 9.71. The second-order valence-electron chi connectivity index (χ2n) is 5.29. The molecule has 0 bridgehead atoms. The van der Waals surface area contributed by atoms with Crippen LogP contribution in [0.15, 0.2) is 24.3 Å². The van der Waals surface area contributed by atoms with Crippen LogP contribution >= 0.6 is 0 Å². The molecule has 1 heterocycles. The number of hydrogen-bond donors (Lipinski definition) is 1. The zero-order chi connectivity index (χ0) is 15.8. The molecule has 0 saturated carbocycles. The van der Waals surface area contributed by atoms with Gasteiger partial charge in [0.2, 0.25) is 5.91 Å². The molecular weight excluding hydrogens is 294 g/mol. The highest BCUT2D eigenvalue weighted by atomic mass is 32.2. The van der Waals surface area contributed by atoms with Crippen LogP contribution in [0, 0.1) is 5.92 Å². The van der Waals surface area contributed by atoms with E-state index >= 15 is 0 Å². The Morgan fingerprint density at radius 2 is 1.95 bits per heavy atom. The summed E-state index contributed by atoms with van der Waals surface area (Å²) in [6.45, 7) is 1.32. The summed E-state index contributed by atoms with van der Waals surface area (Å²) < 4.78 is 23.2. The lowest BCUT2D eigenvalue weighted by Crippen LogP contribution is -2.47. The molecule has 0 spiro atoms. The van der Waals surface area contributed by atoms with Gasteiger partial charge in [0.05, 0.1) is 5.92 Å². The van der Waals surface area contributed by atoms with E-state index in [9.17, 15) is 23.1 Å². The number of carboxylic acid groups (broad SMARTS) is 1. The Bertz CT molecular complexity index is 682. The number of rotatable bonds is 3. The second-order valence-corrected chi connectivity index (χ2v) is 7.65. The lowest BCUT2D eigenvalue weighted by atomic mass is 9.92. The maximum Gasteiger partial charge on any atom is 0.308 e. The van der Waals surface area contributed by atoms with Gasteiger partial charge < -0.3 is 10.0 Å². The minimum atomic E-state index is -3.53. The van der Waals surface area contributed by atoms with Crippen LogP contribution in [0.4, 0.5) is 5.69 Å². The fourth-order valence-corrected chi connectivity index (χ4v) is 2.87. The zero-order valence-corrected chi connectivity index (χ0v) is 12.6. The number of para-hydroxylation sites is 1. The number of fused-ring (bicyclic) bond motifs is 1. The lowest BCUT2D eigenvalue weighted by molar-refractivity contribution is -0.141. The molecule has 2 atom stereocenters. The van der Waals surface area contributed by atoms with Crippen LogP contribution in [-0.2, 0) is 25.8 Å². The summed E-state index contributed by atoms with van der Waals surface area (Å²) in [5, 5.41) is 8.01. The van der Waals surface area contributed by atoms with E-state index in [1.165, 1.54) is 11.8 Å². The summed E-state index contributed by atoms with van der Waals surface area (Å²) in [5.74, 6) is -2.30. The Balaban J connectivity index is 2.42. The van der Waals surface area contributed by atoms with E-state index in [4.69, 9.17) is 0 Å². The Hall–Kier alpha value is -1.89. The van der Waals surface area contributed by atoms with Gasteiger partial charge in [-0.15, -0.1) is 0 Å². The van der Waals surface area contributed by atoms with Crippen LogP contribution in [0.3, 0.4) is 0 Å². The van der Waals surface area contributed by atoms with Crippen LogP contribution in [0.2, 0.25) is 0 Å². The first kappa shape index (κ1) is 15.5. The van der Waals surface area contributed by atoms with Gasteiger partial charge >= 0.3 is 5.97 Å². The third-order valence-corrected chi connectivity index (χ3v) is 5.24. The van der Waals surface area contributed by atoms with Crippen molar-refractivity contribution in [3.05, 3.63) is 29.8 Å². The monoisotopic (exact) mass is 311 g/mol. The van der Waals surface area contributed by atoms with E-state index in [0.717, 1.165) is 11.8 Å². The summed E-state index contributed by atoms with van der Waals surface area (Å²) in [7, 11) is -3.53. The Kier molecular flexibility index (Phi) is 4.04. The summed E-state index contributed by atoms with van der Waals surface area (Å²) in [6, 6.07) is 6.98. The average molecular weight is 311 g/mol. The molecule has 0 aromatic heterocycles. The van der Waals surface area contributed by atoms with Gasteiger partial charge in [-0.1, -0.05) is 18.2 Å². The quantitative estimate of drug-likeness (QED) is 0.887. The predicted molar refractivity (Wildman–Crippen MR) is 77.9 cm³/mol. The van der Waals surface area contributed by atoms with Crippen LogP contribution in [-0.4, -0.2) is 43.5 Å². The van der Waals surface area contributed by atoms with E-state index in [0.29, 0.717) is 12.1 Å². The van der Waals surface area contributed by atoms with Crippen molar-refractivity contribution in [1.82, 2.24) is 0 Å². The minimum Gasteiger partial charge on any atom is -0.481 e. The van der Waals surface area contributed by atoms with E-state index in [1.807, 2.05) is 0 Å². The Morgan fingerprint density at radius 1 is 1.33 bits per heavy atom. The summed E-state index contributed by atoms with van der Waals surface area (Å²) in [4.78, 5) is 25.0. The molecule has 0 fully saturated rings. The van der Waals surface area contributed by atoms with Gasteiger partial charge in [0, 0.05) is 18.5 Å². The molecule has 7 heteroatoms. The van der Waals surface area contributed by atoms with Crippen LogP contribution in [0.5, 0.6) is 0 Å². The number of hydrogen-bond acceptors (Lipinski definition) is 4. The van der Waals surface area contributed by atoms with Gasteiger partial charge in [-0.25, -0.2) is 8.42 Å². The van der Waals surface area contributed by atoms with Crippen molar-refractivity contribution < 1.29 is 23.1 Å². The molecule has 1 aliphatic rings. The molecule has 1 aromatic rings. The van der Waals surface area contributed by atoms with Crippen molar-refractivity contribution in [1.29, 1.82) is 0 Å². The van der Waals surface area contributed by atoms with Crippen molar-refractivity contribution in [2.45, 2.75) is 18.6 Å². The highest BCUT2D eigenvalue weighted by molar-refractivity contribution is 7.92. The summed E-state index contributed by atoms with van der Waals surface area (Å²) in [6.07, 6.45) is 1.34. The Labute approximate surface area is 123 Å². The number of benzene rings is 1. The maximum atomic E-state index is 12.4. The molecule has 1 aromatic carbocycles. The summed E-state index contributed by atoms with van der Waals surface area (Å²) >= 11 is 0. The SMILES string of the molecule is CC(C(=O)N1CC(C(=O)O)Cc2ccccc21)S(C)(=O)=O. The number of carboxylic acids is 1. The van der Waals surface area contributed by atoms with E-state index in [-0.39, 0.29) is 6.54 Å². The number of carbonyl (C=O) groups is 2. The van der Waals surface area contributed by atoms with Gasteiger partial charge in [0.1, 0.15) is 5.25 Å². The molecule has 6 nitrogen and oxygen atoms in total. The van der Waals surface area contributed by atoms with Gasteiger partial charge in [0.15, 0.2) is 9.84 Å². The molecule has 21 heavy (non-hydrogen) atoms. The standard InChI is InChI=1S/C14H17NO5S/c1-9(21(2,19)20)13(16)15-8-11(14(17)18)7-10-5-3-4-6-12(10)15/h3-6,9,11H,7-8H2,1-2H3,(H,17,18). The zero-order valence-electron chi connectivity index (χ0n) is 11.8. The molecule has 1 amide bonds. The largest absolute Gasteiger partial charge is 0.481 e. The molecule has 1 aliphatic heterocycles. The van der Waals surface area contributed by atoms with Crippen molar-refractivity contribution in [2.75, 3.05) is 17.7 Å². The smallest absolute Gasteiger partial charge is 0.308 e. The highest BCUT2D eigenvalue weighted by Gasteiger charge is 2.36. The predicted octanol–water partition coefficient (Wildman–Crippen LogP) is 0.710. The number of carbonyl (C=O) groups excluding carboxylic acids is 1. The van der Waals surface area contributed by atoms with Gasteiger partial charge in [-0.2, -0.15) is 0 Å². The van der Waals surface area contributed by atoms with Crippen molar-refractivity contribution in [3.63, 3.8) is 0 Å². The molecule has 2 unspecified atom stereocenters. The van der Waals surface area contributed by atoms with Crippen molar-refractivity contribution in [2.24, 2.45) is 5.92 Å². The fourth-order valence-electron chi connectivity index (χ4n) is 2.37. The average Bonchev–Trinajstić information content (AvgIpc) is 2.43. The number of nitrogens with zero attached hydrogens (tertiary/aromatic N) is 1. The first-order valence-electron chi connectivity index (χ1n) is 6.52. The van der Waals surface area contributed by atoms with Crippen LogP contribution in [0.1, 0.15) is 12.5 Å². The summed E-state index contributed by atoms with van der Waals surface area (Å²) in [5.41, 5.74) is 1.33. The van der Waals surface area contributed by atoms with Crippen molar-refractivity contribution in [3.8, 4) is 0 Å². The molecule has 1 N–H and O–H groups in total. The minimum absolute atomic E-state index is 0.00889. The third kappa shape index (κ3) is 3.07. The normalized spacial score (nSPS) is 19.7. The Morgan fingerprint density at radius 3 is 2.52 bits per heavy atom. The molecule has 114 valence electrons. The fraction of sp³-hybridized carbons (Fsp3) is 0.429. The van der Waals surface area contributed by atoms with E-state index < -0.39 is 32.9 Å². The molecule has 0 saturated heterocycles. The van der Waals surface area contributed by atoms with Gasteiger partial charge in [-0.05, 0) is 25.0 Å². The number of aliphatic carboxylic acids is 1. The number of anilines is 1. The lowest BCUT2D eigenvalue weighted by Gasteiger charge is -2.34. The highest BCUT2D eigenvalue weighted by Crippen LogP contribution is 2.30. The number of amides is 1. The maximum absolute atomic E-state index is 12.4. The van der Waals surface area contributed by atoms with Crippen LogP contribution in [0.25, 0.3) is 0 Å². The van der Waals surface area contributed by atoms with Gasteiger partial charge in [-0.3, -0.25) is 9.59 Å². The van der Waals surface area contributed by atoms with Crippen LogP contribution < -0.4 is 4.90 Å². The second kappa shape index (κ2) is 5.48. The number of sulfone groups is 1. The molecular formula is C14H17NO5S. The molecule has 2 rings (SSSR count). The molecule has 0 radical (unpaired) electrons. The van der Waals surface area contributed by atoms with E-state index in [1.54, 1.807) is 24.3 Å². The van der Waals surface area contributed by atoms with Gasteiger partial charge in [0.25, 0.3) is 0 Å². The molecule has 0 aliphatic carbocycles. The van der Waals surface area contributed by atoms with Crippen molar-refractivity contribution >= 4 is 27.4 Å². The first-order valence-corrected chi connectivity index (χ1v) is 8.48. The third-order valence-electron chi connectivity index (χ3n) is 3.76. The van der Waals surface area contributed by atoms with E-state index in [2.05, 4.69) is 0 Å².